The zero-order valence-electron chi connectivity index (χ0n) is 10.9. The van der Waals surface area contributed by atoms with Crippen LogP contribution in [0.4, 0.5) is 0 Å². The van der Waals surface area contributed by atoms with E-state index in [0.717, 1.165) is 6.26 Å². The summed E-state index contributed by atoms with van der Waals surface area (Å²) < 4.78 is 23.9. The number of rotatable bonds is 6. The molecule has 1 aromatic carbocycles. The van der Waals surface area contributed by atoms with Crippen LogP contribution in [-0.2, 0) is 10.0 Å². The number of phenolic OH excluding ortho intramolecular Hbond substituents is 1. The lowest BCUT2D eigenvalue weighted by molar-refractivity contribution is 0.0952. The highest BCUT2D eigenvalue weighted by molar-refractivity contribution is 7.88. The number of aromatic hydroxyl groups is 1. The van der Waals surface area contributed by atoms with E-state index < -0.39 is 10.0 Å². The molecule has 1 rings (SSSR count). The Labute approximate surface area is 112 Å². The maximum absolute atomic E-state index is 11.8. The van der Waals surface area contributed by atoms with Crippen LogP contribution in [0, 0.1) is 6.92 Å². The second kappa shape index (κ2) is 6.53. The van der Waals surface area contributed by atoms with Crippen molar-refractivity contribution < 1.29 is 18.3 Å². The van der Waals surface area contributed by atoms with E-state index >= 15 is 0 Å². The molecule has 0 aromatic heterocycles. The minimum Gasteiger partial charge on any atom is -0.508 e. The van der Waals surface area contributed by atoms with E-state index in [4.69, 9.17) is 0 Å². The standard InChI is InChI=1S/C12H18N2O4S/c1-9-10(5-3-6-11(9)15)12(16)13-7-4-8-14-19(2,17)18/h3,5-6,14-15H,4,7-8H2,1-2H3,(H,13,16). The average Bonchev–Trinajstić information content (AvgIpc) is 2.30. The third kappa shape index (κ3) is 5.27. The summed E-state index contributed by atoms with van der Waals surface area (Å²) in [7, 11) is -3.19. The van der Waals surface area contributed by atoms with Crippen molar-refractivity contribution in [2.75, 3.05) is 19.3 Å². The van der Waals surface area contributed by atoms with Crippen LogP contribution >= 0.6 is 0 Å². The van der Waals surface area contributed by atoms with Crippen molar-refractivity contribution in [2.24, 2.45) is 0 Å². The van der Waals surface area contributed by atoms with Crippen molar-refractivity contribution in [2.45, 2.75) is 13.3 Å². The van der Waals surface area contributed by atoms with Crippen LogP contribution < -0.4 is 10.0 Å². The van der Waals surface area contributed by atoms with Gasteiger partial charge in [-0.25, -0.2) is 13.1 Å². The minimum absolute atomic E-state index is 0.0754. The van der Waals surface area contributed by atoms with Gasteiger partial charge in [0.25, 0.3) is 5.91 Å². The first-order valence-corrected chi connectivity index (χ1v) is 7.72. The fraction of sp³-hybridized carbons (Fsp3) is 0.417. The maximum atomic E-state index is 11.8. The third-order valence-electron chi connectivity index (χ3n) is 2.55. The van der Waals surface area contributed by atoms with Crippen LogP contribution in [0.15, 0.2) is 18.2 Å². The number of hydrogen-bond donors (Lipinski definition) is 3. The molecule has 0 aliphatic rings. The summed E-state index contributed by atoms with van der Waals surface area (Å²) in [6, 6.07) is 4.74. The molecule has 0 spiro atoms. The van der Waals surface area contributed by atoms with Crippen molar-refractivity contribution in [1.82, 2.24) is 10.0 Å². The van der Waals surface area contributed by atoms with Crippen molar-refractivity contribution in [3.63, 3.8) is 0 Å². The number of phenols is 1. The van der Waals surface area contributed by atoms with Gasteiger partial charge in [-0.2, -0.15) is 0 Å². The van der Waals surface area contributed by atoms with Crippen molar-refractivity contribution in [3.8, 4) is 5.75 Å². The molecular formula is C12H18N2O4S. The molecule has 0 heterocycles. The highest BCUT2D eigenvalue weighted by Crippen LogP contribution is 2.19. The molecule has 106 valence electrons. The maximum Gasteiger partial charge on any atom is 0.251 e. The third-order valence-corrected chi connectivity index (χ3v) is 3.28. The SMILES string of the molecule is Cc1c(O)cccc1C(=O)NCCCNS(C)(=O)=O. The van der Waals surface area contributed by atoms with Gasteiger partial charge in [-0.1, -0.05) is 6.07 Å². The van der Waals surface area contributed by atoms with Crippen LogP contribution in [0.5, 0.6) is 5.75 Å². The molecular weight excluding hydrogens is 268 g/mol. The Morgan fingerprint density at radius 2 is 2.00 bits per heavy atom. The Hall–Kier alpha value is -1.60. The summed E-state index contributed by atoms with van der Waals surface area (Å²) in [6.07, 6.45) is 1.58. The summed E-state index contributed by atoms with van der Waals surface area (Å²) in [5.41, 5.74) is 0.935. The second-order valence-corrected chi connectivity index (χ2v) is 6.06. The lowest BCUT2D eigenvalue weighted by Crippen LogP contribution is -2.29. The fourth-order valence-electron chi connectivity index (χ4n) is 1.51. The fourth-order valence-corrected chi connectivity index (χ4v) is 2.03. The monoisotopic (exact) mass is 286 g/mol. The normalized spacial score (nSPS) is 11.3. The summed E-state index contributed by atoms with van der Waals surface area (Å²) in [5.74, 6) is -0.209. The van der Waals surface area contributed by atoms with Crippen LogP contribution in [0.25, 0.3) is 0 Å². The molecule has 0 atom stereocenters. The van der Waals surface area contributed by atoms with Gasteiger partial charge >= 0.3 is 0 Å². The van der Waals surface area contributed by atoms with Crippen molar-refractivity contribution >= 4 is 15.9 Å². The quantitative estimate of drug-likeness (QED) is 0.658. The summed E-state index contributed by atoms with van der Waals surface area (Å²) >= 11 is 0. The Balaban J connectivity index is 2.42. The van der Waals surface area contributed by atoms with Crippen LogP contribution in [0.1, 0.15) is 22.3 Å². The highest BCUT2D eigenvalue weighted by Gasteiger charge is 2.10. The van der Waals surface area contributed by atoms with Crippen molar-refractivity contribution in [1.29, 1.82) is 0 Å². The number of nitrogens with one attached hydrogen (secondary N) is 2. The van der Waals surface area contributed by atoms with Gasteiger partial charge < -0.3 is 10.4 Å². The average molecular weight is 286 g/mol. The van der Waals surface area contributed by atoms with Gasteiger partial charge in [0.15, 0.2) is 0 Å². The number of carbonyl (C=O) groups is 1. The molecule has 1 aromatic rings. The molecule has 19 heavy (non-hydrogen) atoms. The first-order chi connectivity index (χ1) is 8.81. The smallest absolute Gasteiger partial charge is 0.251 e. The minimum atomic E-state index is -3.19. The first kappa shape index (κ1) is 15.5. The van der Waals surface area contributed by atoms with Gasteiger partial charge in [0.05, 0.1) is 6.26 Å². The molecule has 0 bridgehead atoms. The van der Waals surface area contributed by atoms with E-state index in [1.807, 2.05) is 0 Å². The Morgan fingerprint density at radius 3 is 2.63 bits per heavy atom. The Bertz CT molecular complexity index is 555. The number of benzene rings is 1. The number of carbonyl (C=O) groups excluding carboxylic acids is 1. The van der Waals surface area contributed by atoms with E-state index in [9.17, 15) is 18.3 Å². The van der Waals surface area contributed by atoms with Gasteiger partial charge in [0, 0.05) is 24.2 Å². The lowest BCUT2D eigenvalue weighted by Gasteiger charge is -2.08. The molecule has 0 saturated carbocycles. The molecule has 6 nitrogen and oxygen atoms in total. The lowest BCUT2D eigenvalue weighted by atomic mass is 10.1. The van der Waals surface area contributed by atoms with Crippen LogP contribution in [0.3, 0.4) is 0 Å². The first-order valence-electron chi connectivity index (χ1n) is 5.82. The second-order valence-electron chi connectivity index (χ2n) is 4.23. The van der Waals surface area contributed by atoms with Gasteiger partial charge in [-0.3, -0.25) is 4.79 Å². The highest BCUT2D eigenvalue weighted by atomic mass is 32.2. The van der Waals surface area contributed by atoms with Crippen LogP contribution in [-0.4, -0.2) is 38.8 Å². The summed E-state index contributed by atoms with van der Waals surface area (Å²) in [4.78, 5) is 11.8. The topological polar surface area (TPSA) is 95.5 Å². The zero-order valence-corrected chi connectivity index (χ0v) is 11.8. The molecule has 0 radical (unpaired) electrons. The largest absolute Gasteiger partial charge is 0.508 e. The van der Waals surface area contributed by atoms with E-state index in [1.54, 1.807) is 19.1 Å². The van der Waals surface area contributed by atoms with Gasteiger partial charge in [0.2, 0.25) is 10.0 Å². The molecule has 0 aliphatic carbocycles. The summed E-state index contributed by atoms with van der Waals surface area (Å²) in [5, 5.41) is 12.2. The molecule has 0 fully saturated rings. The van der Waals surface area contributed by atoms with E-state index in [0.29, 0.717) is 24.1 Å². The van der Waals surface area contributed by atoms with E-state index in [1.165, 1.54) is 6.07 Å². The molecule has 0 unspecified atom stereocenters. The Kier molecular flexibility index (Phi) is 5.31. The predicted molar refractivity (Wildman–Crippen MR) is 72.6 cm³/mol. The number of amides is 1. The van der Waals surface area contributed by atoms with Crippen LogP contribution in [0.2, 0.25) is 0 Å². The molecule has 0 saturated heterocycles. The van der Waals surface area contributed by atoms with Crippen molar-refractivity contribution in [3.05, 3.63) is 29.3 Å². The molecule has 3 N–H and O–H groups in total. The Morgan fingerprint density at radius 1 is 1.32 bits per heavy atom. The van der Waals surface area contributed by atoms with Gasteiger partial charge in [-0.15, -0.1) is 0 Å². The van der Waals surface area contributed by atoms with E-state index in [2.05, 4.69) is 10.0 Å². The van der Waals surface area contributed by atoms with Gasteiger partial charge in [-0.05, 0) is 25.5 Å². The summed E-state index contributed by atoms with van der Waals surface area (Å²) in [6.45, 7) is 2.30. The van der Waals surface area contributed by atoms with E-state index in [-0.39, 0.29) is 18.2 Å². The number of hydrogen-bond acceptors (Lipinski definition) is 4. The van der Waals surface area contributed by atoms with Gasteiger partial charge in [0.1, 0.15) is 5.75 Å². The number of sulfonamides is 1. The predicted octanol–water partition coefficient (Wildman–Crippen LogP) is 0.370. The molecule has 7 heteroatoms. The molecule has 1 amide bonds. The molecule has 0 aliphatic heterocycles. The zero-order chi connectivity index (χ0) is 14.5.